The number of carbonyl (C=O) groups is 2. The van der Waals surface area contributed by atoms with Gasteiger partial charge >= 0.3 is 0 Å². The summed E-state index contributed by atoms with van der Waals surface area (Å²) < 4.78 is 37.0. The zero-order chi connectivity index (χ0) is 23.9. The number of methoxy groups -OCH3 is 2. The largest absolute Gasteiger partial charge is 0.493 e. The standard InChI is InChI=1S/C22H29N3O6S/c1-15(2)13-23-22(27)17-8-6-7-9-18(17)24-21(26)14-25(3)32(28,29)16-10-11-19(30-4)20(12-16)31-5/h6-12,15H,13-14H2,1-5H3,(H,23,27)(H,24,26). The Morgan fingerprint density at radius 3 is 2.31 bits per heavy atom. The predicted molar refractivity (Wildman–Crippen MR) is 122 cm³/mol. The Bertz CT molecular complexity index is 1070. The zero-order valence-electron chi connectivity index (χ0n) is 18.8. The molecule has 0 heterocycles. The molecule has 0 aliphatic carbocycles. The fraction of sp³-hybridized carbons (Fsp3) is 0.364. The monoisotopic (exact) mass is 463 g/mol. The van der Waals surface area contributed by atoms with Crippen molar-refractivity contribution in [2.24, 2.45) is 5.92 Å². The minimum Gasteiger partial charge on any atom is -0.493 e. The number of ether oxygens (including phenoxy) is 2. The van der Waals surface area contributed by atoms with Crippen molar-refractivity contribution < 1.29 is 27.5 Å². The lowest BCUT2D eigenvalue weighted by Gasteiger charge is -2.18. The highest BCUT2D eigenvalue weighted by Crippen LogP contribution is 2.30. The third-order valence-corrected chi connectivity index (χ3v) is 6.35. The molecule has 32 heavy (non-hydrogen) atoms. The van der Waals surface area contributed by atoms with Crippen molar-refractivity contribution in [2.75, 3.05) is 39.7 Å². The maximum atomic E-state index is 12.9. The quantitative estimate of drug-likeness (QED) is 0.559. The number of likely N-dealkylation sites (N-methyl/N-ethyl adjacent to an activating group) is 1. The van der Waals surface area contributed by atoms with Gasteiger partial charge in [0.25, 0.3) is 5.91 Å². The molecule has 2 N–H and O–H groups in total. The lowest BCUT2D eigenvalue weighted by atomic mass is 10.1. The van der Waals surface area contributed by atoms with Crippen molar-refractivity contribution in [3.8, 4) is 11.5 Å². The Morgan fingerprint density at radius 2 is 1.69 bits per heavy atom. The normalized spacial score (nSPS) is 11.3. The molecule has 0 bridgehead atoms. The molecule has 2 rings (SSSR count). The van der Waals surface area contributed by atoms with Crippen LogP contribution in [0.25, 0.3) is 0 Å². The van der Waals surface area contributed by atoms with Crippen LogP contribution in [-0.4, -0.2) is 58.9 Å². The van der Waals surface area contributed by atoms with E-state index in [1.54, 1.807) is 24.3 Å². The molecular weight excluding hydrogens is 434 g/mol. The van der Waals surface area contributed by atoms with E-state index in [-0.39, 0.29) is 22.5 Å². The van der Waals surface area contributed by atoms with Gasteiger partial charge in [0.2, 0.25) is 15.9 Å². The van der Waals surface area contributed by atoms with Crippen LogP contribution in [0.3, 0.4) is 0 Å². The molecule has 0 saturated heterocycles. The Balaban J connectivity index is 2.14. The molecule has 0 radical (unpaired) electrons. The SMILES string of the molecule is COc1ccc(S(=O)(=O)N(C)CC(=O)Nc2ccccc2C(=O)NCC(C)C)cc1OC. The molecule has 0 atom stereocenters. The van der Waals surface area contributed by atoms with Crippen molar-refractivity contribution in [1.82, 2.24) is 9.62 Å². The molecule has 0 spiro atoms. The molecule has 2 aromatic rings. The lowest BCUT2D eigenvalue weighted by Crippen LogP contribution is -2.35. The lowest BCUT2D eigenvalue weighted by molar-refractivity contribution is -0.116. The molecule has 174 valence electrons. The van der Waals surface area contributed by atoms with Crippen LogP contribution < -0.4 is 20.1 Å². The predicted octanol–water partition coefficient (Wildman–Crippen LogP) is 2.35. The number of anilines is 1. The van der Waals surface area contributed by atoms with Crippen LogP contribution >= 0.6 is 0 Å². The third kappa shape index (κ3) is 6.21. The summed E-state index contributed by atoms with van der Waals surface area (Å²) in [6.07, 6.45) is 0. The number of sulfonamides is 1. The van der Waals surface area contributed by atoms with Crippen LogP contribution in [0.5, 0.6) is 11.5 Å². The van der Waals surface area contributed by atoms with Gasteiger partial charge in [-0.05, 0) is 30.2 Å². The maximum absolute atomic E-state index is 12.9. The van der Waals surface area contributed by atoms with Crippen LogP contribution in [0.15, 0.2) is 47.4 Å². The summed E-state index contributed by atoms with van der Waals surface area (Å²) in [7, 11) is 0.178. The molecule has 0 unspecified atom stereocenters. The van der Waals surface area contributed by atoms with E-state index in [1.165, 1.54) is 39.5 Å². The molecule has 9 nitrogen and oxygen atoms in total. The Morgan fingerprint density at radius 1 is 1.03 bits per heavy atom. The van der Waals surface area contributed by atoms with E-state index in [0.29, 0.717) is 23.5 Å². The molecule has 0 aromatic heterocycles. The third-order valence-electron chi connectivity index (χ3n) is 4.55. The number of benzene rings is 2. The number of amides is 2. The highest BCUT2D eigenvalue weighted by atomic mass is 32.2. The van der Waals surface area contributed by atoms with Crippen LogP contribution in [0.1, 0.15) is 24.2 Å². The summed E-state index contributed by atoms with van der Waals surface area (Å²) in [5.41, 5.74) is 0.600. The fourth-order valence-electron chi connectivity index (χ4n) is 2.82. The number of hydrogen-bond donors (Lipinski definition) is 2. The van der Waals surface area contributed by atoms with Crippen LogP contribution in [0.4, 0.5) is 5.69 Å². The van der Waals surface area contributed by atoms with Crippen molar-refractivity contribution in [2.45, 2.75) is 18.7 Å². The number of nitrogens with one attached hydrogen (secondary N) is 2. The van der Waals surface area contributed by atoms with Gasteiger partial charge in [0.15, 0.2) is 11.5 Å². The van der Waals surface area contributed by atoms with E-state index in [4.69, 9.17) is 9.47 Å². The molecule has 0 aliphatic rings. The molecular formula is C22H29N3O6S. The van der Waals surface area contributed by atoms with E-state index in [2.05, 4.69) is 10.6 Å². The molecule has 2 aromatic carbocycles. The van der Waals surface area contributed by atoms with E-state index in [1.807, 2.05) is 13.8 Å². The Labute approximate surface area is 188 Å². The first-order chi connectivity index (χ1) is 15.1. The van der Waals surface area contributed by atoms with Gasteiger partial charge in [-0.2, -0.15) is 4.31 Å². The van der Waals surface area contributed by atoms with E-state index in [0.717, 1.165) is 4.31 Å². The minimum atomic E-state index is -3.97. The summed E-state index contributed by atoms with van der Waals surface area (Å²) >= 11 is 0. The van der Waals surface area contributed by atoms with Gasteiger partial charge < -0.3 is 20.1 Å². The highest BCUT2D eigenvalue weighted by Gasteiger charge is 2.25. The second kappa shape index (κ2) is 11.0. The highest BCUT2D eigenvalue weighted by molar-refractivity contribution is 7.89. The molecule has 0 fully saturated rings. The van der Waals surface area contributed by atoms with Crippen molar-refractivity contribution >= 4 is 27.5 Å². The first-order valence-corrected chi connectivity index (χ1v) is 11.4. The average Bonchev–Trinajstić information content (AvgIpc) is 2.77. The van der Waals surface area contributed by atoms with Crippen LogP contribution in [0.2, 0.25) is 0 Å². The summed E-state index contributed by atoms with van der Waals surface area (Å²) in [4.78, 5) is 25.0. The summed E-state index contributed by atoms with van der Waals surface area (Å²) in [6, 6.07) is 10.7. The smallest absolute Gasteiger partial charge is 0.253 e. The van der Waals surface area contributed by atoms with Crippen molar-refractivity contribution in [3.63, 3.8) is 0 Å². The van der Waals surface area contributed by atoms with Gasteiger partial charge in [-0.15, -0.1) is 0 Å². The summed E-state index contributed by atoms with van der Waals surface area (Å²) in [6.45, 7) is 4.00. The van der Waals surface area contributed by atoms with Gasteiger partial charge in [0.05, 0.1) is 36.9 Å². The summed E-state index contributed by atoms with van der Waals surface area (Å²) in [5.74, 6) is 0.0182. The number of nitrogens with zero attached hydrogens (tertiary/aromatic N) is 1. The van der Waals surface area contributed by atoms with E-state index in [9.17, 15) is 18.0 Å². The second-order valence-corrected chi connectivity index (χ2v) is 9.52. The molecule has 0 saturated carbocycles. The molecule has 0 aliphatic heterocycles. The molecule has 10 heteroatoms. The van der Waals surface area contributed by atoms with E-state index < -0.39 is 22.5 Å². The topological polar surface area (TPSA) is 114 Å². The number of rotatable bonds is 10. The average molecular weight is 464 g/mol. The van der Waals surface area contributed by atoms with E-state index >= 15 is 0 Å². The Kier molecular flexibility index (Phi) is 8.62. The fourth-order valence-corrected chi connectivity index (χ4v) is 3.96. The Hall–Kier alpha value is -3.11. The minimum absolute atomic E-state index is 0.0427. The van der Waals surface area contributed by atoms with Gasteiger partial charge in [-0.25, -0.2) is 8.42 Å². The van der Waals surface area contributed by atoms with Crippen molar-refractivity contribution in [1.29, 1.82) is 0 Å². The van der Waals surface area contributed by atoms with Crippen LogP contribution in [-0.2, 0) is 14.8 Å². The van der Waals surface area contributed by atoms with Gasteiger partial charge in [0.1, 0.15) is 0 Å². The first kappa shape index (κ1) is 25.2. The second-order valence-electron chi connectivity index (χ2n) is 7.48. The van der Waals surface area contributed by atoms with Crippen molar-refractivity contribution in [3.05, 3.63) is 48.0 Å². The molecule has 2 amide bonds. The van der Waals surface area contributed by atoms with Crippen LogP contribution in [0, 0.1) is 5.92 Å². The van der Waals surface area contributed by atoms with Gasteiger partial charge in [0, 0.05) is 19.7 Å². The number of hydrogen-bond acceptors (Lipinski definition) is 6. The number of carbonyl (C=O) groups excluding carboxylic acids is 2. The summed E-state index contributed by atoms with van der Waals surface area (Å²) in [5, 5.41) is 5.42. The first-order valence-electron chi connectivity index (χ1n) is 9.95. The number of para-hydroxylation sites is 1. The van der Waals surface area contributed by atoms with Gasteiger partial charge in [-0.3, -0.25) is 9.59 Å². The zero-order valence-corrected chi connectivity index (χ0v) is 19.7. The van der Waals surface area contributed by atoms with Gasteiger partial charge in [-0.1, -0.05) is 26.0 Å². The maximum Gasteiger partial charge on any atom is 0.253 e.